The minimum atomic E-state index is -0.366. The molecule has 1 aliphatic heterocycles. The highest BCUT2D eigenvalue weighted by molar-refractivity contribution is 7.99. The highest BCUT2D eigenvalue weighted by Crippen LogP contribution is 2.37. The highest BCUT2D eigenvalue weighted by atomic mass is 32.2. The maximum absolute atomic E-state index is 12.7. The van der Waals surface area contributed by atoms with Crippen LogP contribution in [0, 0.1) is 0 Å². The molecule has 0 aliphatic carbocycles. The Morgan fingerprint density at radius 2 is 1.73 bits per heavy atom. The van der Waals surface area contributed by atoms with Gasteiger partial charge in [0, 0.05) is 12.7 Å². The number of para-hydroxylation sites is 3. The molecule has 10 heteroatoms. The van der Waals surface area contributed by atoms with Crippen molar-refractivity contribution in [3.63, 3.8) is 0 Å². The van der Waals surface area contributed by atoms with Gasteiger partial charge in [0.25, 0.3) is 5.91 Å². The average Bonchev–Trinajstić information content (AvgIpc) is 3.29. The third-order valence-corrected chi connectivity index (χ3v) is 6.84. The number of ether oxygens (including phenoxy) is 2. The van der Waals surface area contributed by atoms with Crippen molar-refractivity contribution in [2.75, 3.05) is 22.6 Å². The van der Waals surface area contributed by atoms with Gasteiger partial charge in [-0.2, -0.15) is 0 Å². The third-order valence-electron chi connectivity index (χ3n) is 5.82. The summed E-state index contributed by atoms with van der Waals surface area (Å²) in [6.07, 6.45) is 0. The predicted molar refractivity (Wildman–Crippen MR) is 141 cm³/mol. The molecule has 4 aromatic rings. The number of fused-ring (bicyclic) bond motifs is 1. The van der Waals surface area contributed by atoms with Crippen LogP contribution in [0.15, 0.2) is 84.0 Å². The minimum absolute atomic E-state index is 0.0274. The van der Waals surface area contributed by atoms with Gasteiger partial charge in [-0.05, 0) is 55.5 Å². The van der Waals surface area contributed by atoms with Gasteiger partial charge in [-0.15, -0.1) is 10.2 Å². The van der Waals surface area contributed by atoms with Crippen LogP contribution < -0.4 is 19.7 Å². The first-order valence-electron chi connectivity index (χ1n) is 11.7. The molecular formula is C27H25N5O4S. The van der Waals surface area contributed by atoms with Crippen molar-refractivity contribution in [2.24, 2.45) is 7.05 Å². The summed E-state index contributed by atoms with van der Waals surface area (Å²) < 4.78 is 13.1. The molecule has 0 radical (unpaired) electrons. The molecule has 2 amide bonds. The summed E-state index contributed by atoms with van der Waals surface area (Å²) >= 11 is 1.28. The molecule has 9 nitrogen and oxygen atoms in total. The molecule has 37 heavy (non-hydrogen) atoms. The maximum Gasteiger partial charge on any atom is 0.265 e. The normalized spacial score (nSPS) is 13.5. The molecule has 2 heterocycles. The first-order valence-corrected chi connectivity index (χ1v) is 12.7. The second-order valence-electron chi connectivity index (χ2n) is 8.37. The standard InChI is InChI=1S/C27H25N5O4S/c1-18(32-22-10-6-7-11-23(22)35-16-25(32)34)26-29-30-27(31(26)2)37-17-24(33)28-19-12-14-21(15-13-19)36-20-8-4-3-5-9-20/h3-15,18H,16-17H2,1-2H3,(H,28,33)/t18-/m1/s1. The third kappa shape index (κ3) is 5.44. The Bertz CT molecular complexity index is 1410. The van der Waals surface area contributed by atoms with Gasteiger partial charge >= 0.3 is 0 Å². The highest BCUT2D eigenvalue weighted by Gasteiger charge is 2.32. The number of carbonyl (C=O) groups excluding carboxylic acids is 2. The van der Waals surface area contributed by atoms with Gasteiger partial charge in [0.1, 0.15) is 17.2 Å². The van der Waals surface area contributed by atoms with Crippen molar-refractivity contribution < 1.29 is 19.1 Å². The van der Waals surface area contributed by atoms with E-state index in [0.717, 1.165) is 5.75 Å². The molecule has 1 N–H and O–H groups in total. The number of thioether (sulfide) groups is 1. The summed E-state index contributed by atoms with van der Waals surface area (Å²) in [5.74, 6) is 2.53. The minimum Gasteiger partial charge on any atom is -0.482 e. The molecule has 0 fully saturated rings. The molecular weight excluding hydrogens is 490 g/mol. The lowest BCUT2D eigenvalue weighted by molar-refractivity contribution is -0.121. The maximum atomic E-state index is 12.7. The fourth-order valence-electron chi connectivity index (χ4n) is 4.04. The molecule has 0 spiro atoms. The molecule has 1 aromatic heterocycles. The number of anilines is 2. The van der Waals surface area contributed by atoms with Gasteiger partial charge in [0.05, 0.1) is 17.5 Å². The second-order valence-corrected chi connectivity index (χ2v) is 9.31. The molecule has 0 saturated heterocycles. The molecule has 1 aliphatic rings. The molecule has 188 valence electrons. The summed E-state index contributed by atoms with van der Waals surface area (Å²) in [5.41, 5.74) is 1.37. The molecule has 3 aromatic carbocycles. The smallest absolute Gasteiger partial charge is 0.265 e. The van der Waals surface area contributed by atoms with E-state index < -0.39 is 0 Å². The number of aromatic nitrogens is 3. The SMILES string of the molecule is C[C@H](c1nnc(SCC(=O)Nc2ccc(Oc3ccccc3)cc2)n1C)N1C(=O)COc2ccccc21. The van der Waals surface area contributed by atoms with E-state index in [9.17, 15) is 9.59 Å². The van der Waals surface area contributed by atoms with Crippen LogP contribution >= 0.6 is 11.8 Å². The number of rotatable bonds is 8. The first kappa shape index (κ1) is 24.4. The number of benzene rings is 3. The fourth-order valence-corrected chi connectivity index (χ4v) is 4.75. The second kappa shape index (κ2) is 10.8. The first-order chi connectivity index (χ1) is 18.0. The van der Waals surface area contributed by atoms with E-state index in [4.69, 9.17) is 9.47 Å². The van der Waals surface area contributed by atoms with Gasteiger partial charge in [-0.25, -0.2) is 0 Å². The van der Waals surface area contributed by atoms with Crippen molar-refractivity contribution in [3.05, 3.63) is 84.7 Å². The monoisotopic (exact) mass is 515 g/mol. The number of carbonyl (C=O) groups is 2. The lowest BCUT2D eigenvalue weighted by Crippen LogP contribution is -2.41. The molecule has 5 rings (SSSR count). The molecule has 0 bridgehead atoms. The summed E-state index contributed by atoms with van der Waals surface area (Å²) in [4.78, 5) is 26.9. The Morgan fingerprint density at radius 1 is 1.03 bits per heavy atom. The van der Waals surface area contributed by atoms with E-state index in [-0.39, 0.29) is 30.2 Å². The lowest BCUT2D eigenvalue weighted by Gasteiger charge is -2.33. The van der Waals surface area contributed by atoms with E-state index in [1.165, 1.54) is 11.8 Å². The Labute approximate surface area is 218 Å². The predicted octanol–water partition coefficient (Wildman–Crippen LogP) is 4.82. The summed E-state index contributed by atoms with van der Waals surface area (Å²) in [7, 11) is 1.83. The van der Waals surface area contributed by atoms with E-state index in [1.807, 2.05) is 73.1 Å². The topological polar surface area (TPSA) is 98.6 Å². The van der Waals surface area contributed by atoms with Crippen molar-refractivity contribution in [2.45, 2.75) is 18.1 Å². The van der Waals surface area contributed by atoms with Crippen LogP contribution in [0.5, 0.6) is 17.2 Å². The quantitative estimate of drug-likeness (QED) is 0.336. The molecule has 0 unspecified atom stereocenters. The van der Waals surface area contributed by atoms with Crippen molar-refractivity contribution in [3.8, 4) is 17.2 Å². The van der Waals surface area contributed by atoms with Gasteiger partial charge in [0.15, 0.2) is 17.6 Å². The van der Waals surface area contributed by atoms with E-state index in [0.29, 0.717) is 33.9 Å². The van der Waals surface area contributed by atoms with E-state index >= 15 is 0 Å². The van der Waals surface area contributed by atoms with Crippen LogP contribution in [0.2, 0.25) is 0 Å². The van der Waals surface area contributed by atoms with Crippen molar-refractivity contribution in [1.29, 1.82) is 0 Å². The zero-order valence-electron chi connectivity index (χ0n) is 20.3. The van der Waals surface area contributed by atoms with Crippen LogP contribution in [-0.4, -0.2) is 38.9 Å². The Hall–Kier alpha value is -4.31. The molecule has 1 atom stereocenters. The average molecular weight is 516 g/mol. The number of nitrogens with one attached hydrogen (secondary N) is 1. The molecule has 0 saturated carbocycles. The zero-order chi connectivity index (χ0) is 25.8. The van der Waals surface area contributed by atoms with Crippen LogP contribution in [0.25, 0.3) is 0 Å². The number of nitrogens with zero attached hydrogens (tertiary/aromatic N) is 4. The Morgan fingerprint density at radius 3 is 2.51 bits per heavy atom. The summed E-state index contributed by atoms with van der Waals surface area (Å²) in [6, 6.07) is 23.7. The van der Waals surface area contributed by atoms with Gasteiger partial charge in [-0.1, -0.05) is 42.1 Å². The number of hydrogen-bond donors (Lipinski definition) is 1. The Kier molecular flexibility index (Phi) is 7.09. The lowest BCUT2D eigenvalue weighted by atomic mass is 10.1. The number of hydrogen-bond acceptors (Lipinski definition) is 7. The largest absolute Gasteiger partial charge is 0.482 e. The Balaban J connectivity index is 1.19. The van der Waals surface area contributed by atoms with Crippen LogP contribution in [-0.2, 0) is 16.6 Å². The van der Waals surface area contributed by atoms with Crippen molar-refractivity contribution in [1.82, 2.24) is 14.8 Å². The van der Waals surface area contributed by atoms with Crippen molar-refractivity contribution >= 4 is 35.0 Å². The fraction of sp³-hybridized carbons (Fsp3) is 0.185. The zero-order valence-corrected chi connectivity index (χ0v) is 21.1. The summed E-state index contributed by atoms with van der Waals surface area (Å²) in [6.45, 7) is 1.87. The van der Waals surface area contributed by atoms with Gasteiger partial charge < -0.3 is 19.4 Å². The van der Waals surface area contributed by atoms with Crippen LogP contribution in [0.3, 0.4) is 0 Å². The van der Waals surface area contributed by atoms with Crippen LogP contribution in [0.4, 0.5) is 11.4 Å². The van der Waals surface area contributed by atoms with Gasteiger partial charge in [-0.3, -0.25) is 14.5 Å². The number of amides is 2. The van der Waals surface area contributed by atoms with Crippen LogP contribution in [0.1, 0.15) is 18.8 Å². The van der Waals surface area contributed by atoms with Gasteiger partial charge in [0.2, 0.25) is 5.91 Å². The summed E-state index contributed by atoms with van der Waals surface area (Å²) in [5, 5.41) is 12.0. The van der Waals surface area contributed by atoms with E-state index in [2.05, 4.69) is 15.5 Å². The van der Waals surface area contributed by atoms with E-state index in [1.54, 1.807) is 29.2 Å².